The summed E-state index contributed by atoms with van der Waals surface area (Å²) in [7, 11) is 0. The minimum absolute atomic E-state index is 0.429. The van der Waals surface area contributed by atoms with E-state index in [4.69, 9.17) is 5.11 Å². The molecule has 0 radical (unpaired) electrons. The van der Waals surface area contributed by atoms with Crippen molar-refractivity contribution in [3.05, 3.63) is 23.0 Å². The number of hydrogen-bond acceptors (Lipinski definition) is 2. The van der Waals surface area contributed by atoms with Crippen LogP contribution in [0, 0.1) is 6.92 Å². The average Bonchev–Trinajstić information content (AvgIpc) is 2.45. The van der Waals surface area contributed by atoms with Crippen molar-refractivity contribution in [1.82, 2.24) is 9.88 Å². The van der Waals surface area contributed by atoms with Gasteiger partial charge in [0.25, 0.3) is 0 Å². The van der Waals surface area contributed by atoms with E-state index in [1.54, 1.807) is 6.07 Å². The predicted octanol–water partition coefficient (Wildman–Crippen LogP) is 0.598. The largest absolute Gasteiger partial charge is 0.478 e. The van der Waals surface area contributed by atoms with Gasteiger partial charge >= 0.3 is 5.97 Å². The van der Waals surface area contributed by atoms with Crippen LogP contribution in [0.4, 0.5) is 0 Å². The number of nitrogens with one attached hydrogen (secondary N) is 1. The first-order chi connectivity index (χ1) is 6.20. The van der Waals surface area contributed by atoms with Gasteiger partial charge in [0.1, 0.15) is 0 Å². The van der Waals surface area contributed by atoms with Crippen LogP contribution in [0.25, 0.3) is 0 Å². The Hall–Kier alpha value is -1.29. The van der Waals surface area contributed by atoms with Crippen molar-refractivity contribution in [2.45, 2.75) is 20.0 Å². The summed E-state index contributed by atoms with van der Waals surface area (Å²) in [5.74, 6) is -0.834. The molecule has 0 amide bonds. The number of carbonyl (C=O) groups is 1. The molecular weight excluding hydrogens is 168 g/mol. The van der Waals surface area contributed by atoms with E-state index in [0.717, 1.165) is 31.0 Å². The van der Waals surface area contributed by atoms with Gasteiger partial charge in [0.05, 0.1) is 5.56 Å². The topological polar surface area (TPSA) is 54.3 Å². The zero-order valence-corrected chi connectivity index (χ0v) is 7.50. The third kappa shape index (κ3) is 1.23. The molecule has 4 nitrogen and oxygen atoms in total. The third-order valence-corrected chi connectivity index (χ3v) is 2.50. The molecule has 0 spiro atoms. The molecule has 2 N–H and O–H groups in total. The molecule has 13 heavy (non-hydrogen) atoms. The second kappa shape index (κ2) is 2.88. The fourth-order valence-electron chi connectivity index (χ4n) is 1.79. The molecule has 0 aliphatic carbocycles. The first kappa shape index (κ1) is 8.31. The number of aromatic nitrogens is 1. The molecule has 0 atom stereocenters. The third-order valence-electron chi connectivity index (χ3n) is 2.50. The average molecular weight is 180 g/mol. The highest BCUT2D eigenvalue weighted by Gasteiger charge is 2.17. The summed E-state index contributed by atoms with van der Waals surface area (Å²) in [4.78, 5) is 10.8. The van der Waals surface area contributed by atoms with Gasteiger partial charge in [0.2, 0.25) is 0 Å². The Kier molecular flexibility index (Phi) is 1.84. The van der Waals surface area contributed by atoms with Crippen molar-refractivity contribution in [1.29, 1.82) is 0 Å². The number of fused-ring (bicyclic) bond motifs is 1. The normalized spacial score (nSPS) is 15.5. The van der Waals surface area contributed by atoms with Crippen molar-refractivity contribution in [2.75, 3.05) is 6.54 Å². The zero-order valence-electron chi connectivity index (χ0n) is 7.50. The van der Waals surface area contributed by atoms with Crippen LogP contribution in [-0.4, -0.2) is 22.2 Å². The molecule has 0 fully saturated rings. The number of carboxylic acids is 1. The Morgan fingerprint density at radius 3 is 3.08 bits per heavy atom. The maximum atomic E-state index is 10.8. The molecule has 0 saturated heterocycles. The van der Waals surface area contributed by atoms with Gasteiger partial charge in [-0.2, -0.15) is 0 Å². The summed E-state index contributed by atoms with van der Waals surface area (Å²) in [5.41, 5.74) is 2.36. The van der Waals surface area contributed by atoms with Crippen molar-refractivity contribution in [3.63, 3.8) is 0 Å². The van der Waals surface area contributed by atoms with E-state index in [1.165, 1.54) is 0 Å². The summed E-state index contributed by atoms with van der Waals surface area (Å²) in [6.45, 7) is 4.42. The van der Waals surface area contributed by atoms with Crippen LogP contribution in [0.5, 0.6) is 0 Å². The van der Waals surface area contributed by atoms with E-state index in [-0.39, 0.29) is 0 Å². The molecule has 70 valence electrons. The molecule has 0 unspecified atom stereocenters. The van der Waals surface area contributed by atoms with E-state index < -0.39 is 5.97 Å². The first-order valence-electron chi connectivity index (χ1n) is 4.33. The summed E-state index contributed by atoms with van der Waals surface area (Å²) >= 11 is 0. The molecule has 1 aliphatic heterocycles. The molecule has 1 aromatic rings. The standard InChI is InChI=1S/C9H12N2O2/c1-6-8(9(12)13)4-7-5-10-2-3-11(6)7/h4,10H,2-3,5H2,1H3,(H,12,13). The van der Waals surface area contributed by atoms with Gasteiger partial charge in [-0.25, -0.2) is 4.79 Å². The first-order valence-corrected chi connectivity index (χ1v) is 4.33. The minimum Gasteiger partial charge on any atom is -0.478 e. The Labute approximate surface area is 76.2 Å². The van der Waals surface area contributed by atoms with E-state index >= 15 is 0 Å². The highest BCUT2D eigenvalue weighted by molar-refractivity contribution is 5.89. The van der Waals surface area contributed by atoms with Crippen molar-refractivity contribution in [2.24, 2.45) is 0 Å². The van der Waals surface area contributed by atoms with Crippen molar-refractivity contribution < 1.29 is 9.90 Å². The maximum Gasteiger partial charge on any atom is 0.337 e. The zero-order chi connectivity index (χ0) is 9.42. The van der Waals surface area contributed by atoms with E-state index in [2.05, 4.69) is 9.88 Å². The van der Waals surface area contributed by atoms with Crippen LogP contribution in [0.2, 0.25) is 0 Å². The predicted molar refractivity (Wildman–Crippen MR) is 47.8 cm³/mol. The summed E-state index contributed by atoms with van der Waals surface area (Å²) in [6.07, 6.45) is 0. The Bertz CT molecular complexity index is 355. The Morgan fingerprint density at radius 1 is 1.69 bits per heavy atom. The van der Waals surface area contributed by atoms with Crippen LogP contribution in [0.1, 0.15) is 21.7 Å². The smallest absolute Gasteiger partial charge is 0.337 e. The van der Waals surface area contributed by atoms with E-state index in [9.17, 15) is 4.79 Å². The SMILES string of the molecule is Cc1c(C(=O)O)cc2n1CCNC2. The molecule has 2 heterocycles. The number of rotatable bonds is 1. The van der Waals surface area contributed by atoms with Crippen molar-refractivity contribution in [3.8, 4) is 0 Å². The Morgan fingerprint density at radius 2 is 2.46 bits per heavy atom. The van der Waals surface area contributed by atoms with Crippen LogP contribution < -0.4 is 5.32 Å². The summed E-state index contributed by atoms with van der Waals surface area (Å²) in [6, 6.07) is 1.75. The second-order valence-corrected chi connectivity index (χ2v) is 3.27. The monoisotopic (exact) mass is 180 g/mol. The molecule has 0 saturated carbocycles. The molecule has 2 rings (SSSR count). The maximum absolute atomic E-state index is 10.8. The number of carboxylic acid groups (broad SMARTS) is 1. The quantitative estimate of drug-likeness (QED) is 0.665. The van der Waals surface area contributed by atoms with E-state index in [0.29, 0.717) is 5.56 Å². The molecule has 4 heteroatoms. The van der Waals surface area contributed by atoms with Gasteiger partial charge in [-0.1, -0.05) is 0 Å². The Balaban J connectivity index is 2.50. The van der Waals surface area contributed by atoms with Gasteiger partial charge in [0.15, 0.2) is 0 Å². The molecular formula is C9H12N2O2. The van der Waals surface area contributed by atoms with Gasteiger partial charge < -0.3 is 15.0 Å². The van der Waals surface area contributed by atoms with Crippen LogP contribution in [0.15, 0.2) is 6.07 Å². The molecule has 0 aromatic carbocycles. The minimum atomic E-state index is -0.834. The lowest BCUT2D eigenvalue weighted by molar-refractivity contribution is 0.0696. The van der Waals surface area contributed by atoms with Gasteiger partial charge in [-0.15, -0.1) is 0 Å². The highest BCUT2D eigenvalue weighted by Crippen LogP contribution is 2.17. The van der Waals surface area contributed by atoms with E-state index in [1.807, 2.05) is 6.92 Å². The highest BCUT2D eigenvalue weighted by atomic mass is 16.4. The van der Waals surface area contributed by atoms with Gasteiger partial charge in [0, 0.05) is 31.0 Å². The van der Waals surface area contributed by atoms with Gasteiger partial charge in [-0.05, 0) is 13.0 Å². The summed E-state index contributed by atoms with van der Waals surface area (Å²) < 4.78 is 2.07. The lowest BCUT2D eigenvalue weighted by Gasteiger charge is -2.17. The van der Waals surface area contributed by atoms with Crippen LogP contribution >= 0.6 is 0 Å². The molecule has 0 bridgehead atoms. The summed E-state index contributed by atoms with van der Waals surface area (Å²) in [5, 5.41) is 12.1. The number of hydrogen-bond donors (Lipinski definition) is 2. The number of aromatic carboxylic acids is 1. The fourth-order valence-corrected chi connectivity index (χ4v) is 1.79. The lowest BCUT2D eigenvalue weighted by Crippen LogP contribution is -2.28. The van der Waals surface area contributed by atoms with Crippen LogP contribution in [-0.2, 0) is 13.1 Å². The fraction of sp³-hybridized carbons (Fsp3) is 0.444. The second-order valence-electron chi connectivity index (χ2n) is 3.27. The van der Waals surface area contributed by atoms with Gasteiger partial charge in [-0.3, -0.25) is 0 Å². The number of nitrogens with zero attached hydrogens (tertiary/aromatic N) is 1. The molecule has 1 aliphatic rings. The lowest BCUT2D eigenvalue weighted by atomic mass is 10.2. The van der Waals surface area contributed by atoms with Crippen molar-refractivity contribution >= 4 is 5.97 Å². The molecule has 1 aromatic heterocycles. The van der Waals surface area contributed by atoms with Crippen LogP contribution in [0.3, 0.4) is 0 Å².